The fourth-order valence-electron chi connectivity index (χ4n) is 2.65. The predicted molar refractivity (Wildman–Crippen MR) is 101 cm³/mol. The summed E-state index contributed by atoms with van der Waals surface area (Å²) in [4.78, 5) is 26.3. The van der Waals surface area contributed by atoms with Gasteiger partial charge in [-0.3, -0.25) is 9.59 Å². The van der Waals surface area contributed by atoms with Gasteiger partial charge in [0.2, 0.25) is 11.8 Å². The fraction of sp³-hybridized carbons (Fsp3) is 0.176. The first-order chi connectivity index (χ1) is 11.8. The summed E-state index contributed by atoms with van der Waals surface area (Å²) in [5.74, 6) is -0.865. The van der Waals surface area contributed by atoms with E-state index in [-0.39, 0.29) is 34.0 Å². The van der Waals surface area contributed by atoms with Crippen LogP contribution in [0.15, 0.2) is 36.4 Å². The average molecular weight is 399 g/mol. The van der Waals surface area contributed by atoms with Gasteiger partial charge in [-0.2, -0.15) is 0 Å². The fourth-order valence-corrected chi connectivity index (χ4v) is 3.27. The van der Waals surface area contributed by atoms with Crippen LogP contribution in [0.25, 0.3) is 0 Å². The zero-order valence-electron chi connectivity index (χ0n) is 12.9. The number of halogens is 3. The number of nitrogens with one attached hydrogen (secondary N) is 1. The molecule has 1 aliphatic heterocycles. The second-order valence-corrected chi connectivity index (χ2v) is 6.98. The molecular weight excluding hydrogens is 385 g/mol. The number of carbonyl (C=O) groups is 2. The van der Waals surface area contributed by atoms with E-state index in [0.717, 1.165) is 0 Å². The maximum atomic E-state index is 12.5. The second kappa shape index (κ2) is 7.12. The third-order valence-electron chi connectivity index (χ3n) is 3.98. The van der Waals surface area contributed by atoms with Crippen LogP contribution < -0.4 is 16.0 Å². The molecule has 0 radical (unpaired) electrons. The number of nitrogens with zero attached hydrogens (tertiary/aromatic N) is 1. The third-order valence-corrected chi connectivity index (χ3v) is 4.86. The van der Waals surface area contributed by atoms with E-state index in [1.54, 1.807) is 29.2 Å². The highest BCUT2D eigenvalue weighted by Crippen LogP contribution is 2.32. The summed E-state index contributed by atoms with van der Waals surface area (Å²) in [6.45, 7) is 0.294. The lowest BCUT2D eigenvalue weighted by Crippen LogP contribution is -2.28. The van der Waals surface area contributed by atoms with Crippen LogP contribution in [0.4, 0.5) is 17.1 Å². The average Bonchev–Trinajstić information content (AvgIpc) is 2.95. The van der Waals surface area contributed by atoms with Crippen LogP contribution in [0.3, 0.4) is 0 Å². The molecule has 2 amide bonds. The first-order valence-corrected chi connectivity index (χ1v) is 8.60. The molecule has 0 aromatic heterocycles. The Morgan fingerprint density at radius 2 is 1.72 bits per heavy atom. The van der Waals surface area contributed by atoms with Gasteiger partial charge in [-0.15, -0.1) is 0 Å². The van der Waals surface area contributed by atoms with Crippen LogP contribution >= 0.6 is 34.8 Å². The molecule has 3 N–H and O–H groups in total. The van der Waals surface area contributed by atoms with Gasteiger partial charge in [0.15, 0.2) is 0 Å². The Labute approximate surface area is 159 Å². The Balaban J connectivity index is 1.71. The summed E-state index contributed by atoms with van der Waals surface area (Å²) in [5, 5.41) is 3.83. The van der Waals surface area contributed by atoms with Gasteiger partial charge < -0.3 is 16.0 Å². The lowest BCUT2D eigenvalue weighted by atomic mass is 10.1. The van der Waals surface area contributed by atoms with Crippen LogP contribution in [0, 0.1) is 5.92 Å². The van der Waals surface area contributed by atoms with Crippen molar-refractivity contribution in [2.24, 2.45) is 5.92 Å². The molecule has 25 heavy (non-hydrogen) atoms. The highest BCUT2D eigenvalue weighted by Gasteiger charge is 2.35. The van der Waals surface area contributed by atoms with E-state index < -0.39 is 5.92 Å². The molecule has 0 saturated carbocycles. The van der Waals surface area contributed by atoms with Crippen molar-refractivity contribution in [3.05, 3.63) is 51.5 Å². The highest BCUT2D eigenvalue weighted by atomic mass is 35.5. The summed E-state index contributed by atoms with van der Waals surface area (Å²) in [7, 11) is 0. The number of rotatable bonds is 3. The normalized spacial score (nSPS) is 17.0. The molecule has 2 aromatic rings. The molecule has 8 heteroatoms. The van der Waals surface area contributed by atoms with Gasteiger partial charge in [-0.05, 0) is 36.4 Å². The third kappa shape index (κ3) is 3.84. The Morgan fingerprint density at radius 1 is 1.12 bits per heavy atom. The van der Waals surface area contributed by atoms with Crippen LogP contribution in [-0.4, -0.2) is 18.4 Å². The number of nitrogens with two attached hydrogens (primary N) is 1. The van der Waals surface area contributed by atoms with Crippen molar-refractivity contribution in [2.75, 3.05) is 22.5 Å². The van der Waals surface area contributed by atoms with Crippen LogP contribution in [0.5, 0.6) is 0 Å². The number of nitrogen functional groups attached to an aromatic ring is 1. The predicted octanol–water partition coefficient (Wildman–Crippen LogP) is 4.22. The first-order valence-electron chi connectivity index (χ1n) is 7.46. The number of hydrogen-bond donors (Lipinski definition) is 2. The van der Waals surface area contributed by atoms with E-state index in [1.165, 1.54) is 12.1 Å². The van der Waals surface area contributed by atoms with Crippen molar-refractivity contribution in [3.63, 3.8) is 0 Å². The van der Waals surface area contributed by atoms with E-state index in [4.69, 9.17) is 40.5 Å². The lowest BCUT2D eigenvalue weighted by molar-refractivity contribution is -0.122. The number of carbonyl (C=O) groups excluding carboxylic acids is 2. The summed E-state index contributed by atoms with van der Waals surface area (Å²) in [6, 6.07) is 9.95. The molecule has 1 atom stereocenters. The summed E-state index contributed by atoms with van der Waals surface area (Å²) in [5.41, 5.74) is 7.08. The molecule has 2 aromatic carbocycles. The maximum absolute atomic E-state index is 12.5. The van der Waals surface area contributed by atoms with Crippen molar-refractivity contribution in [2.45, 2.75) is 6.42 Å². The van der Waals surface area contributed by atoms with E-state index in [9.17, 15) is 9.59 Å². The summed E-state index contributed by atoms with van der Waals surface area (Å²) < 4.78 is 0. The monoisotopic (exact) mass is 397 g/mol. The van der Waals surface area contributed by atoms with Gasteiger partial charge in [-0.25, -0.2) is 0 Å². The number of hydrogen-bond acceptors (Lipinski definition) is 3. The van der Waals surface area contributed by atoms with Gasteiger partial charge in [0.1, 0.15) is 0 Å². The van der Waals surface area contributed by atoms with Gasteiger partial charge in [-0.1, -0.05) is 34.8 Å². The molecule has 5 nitrogen and oxygen atoms in total. The number of amides is 2. The molecule has 3 rings (SSSR count). The van der Waals surface area contributed by atoms with Gasteiger partial charge in [0, 0.05) is 29.4 Å². The van der Waals surface area contributed by atoms with Crippen molar-refractivity contribution >= 4 is 63.7 Å². The molecule has 0 aliphatic carbocycles. The minimum atomic E-state index is -0.474. The molecule has 130 valence electrons. The molecule has 0 spiro atoms. The quantitative estimate of drug-likeness (QED) is 0.760. The Bertz CT molecular complexity index is 817. The zero-order chi connectivity index (χ0) is 18.1. The number of benzene rings is 2. The largest absolute Gasteiger partial charge is 0.396 e. The van der Waals surface area contributed by atoms with Crippen molar-refractivity contribution in [1.29, 1.82) is 0 Å². The molecule has 1 heterocycles. The molecule has 1 saturated heterocycles. The molecule has 1 aliphatic rings. The Morgan fingerprint density at radius 3 is 2.32 bits per heavy atom. The standard InChI is InChI=1S/C17H14Cl3N3O2/c18-10-1-3-12(4-2-10)23-8-9(5-15(23)24)17(25)22-11-6-13(19)16(21)14(20)7-11/h1-4,6-7,9H,5,8,21H2,(H,22,25). The highest BCUT2D eigenvalue weighted by molar-refractivity contribution is 6.39. The van der Waals surface area contributed by atoms with E-state index >= 15 is 0 Å². The zero-order valence-corrected chi connectivity index (χ0v) is 15.2. The van der Waals surface area contributed by atoms with Crippen molar-refractivity contribution in [1.82, 2.24) is 0 Å². The van der Waals surface area contributed by atoms with Gasteiger partial charge in [0.25, 0.3) is 0 Å². The summed E-state index contributed by atoms with van der Waals surface area (Å²) >= 11 is 17.8. The molecule has 1 unspecified atom stereocenters. The smallest absolute Gasteiger partial charge is 0.229 e. The van der Waals surface area contributed by atoms with Crippen LogP contribution in [0.1, 0.15) is 6.42 Å². The van der Waals surface area contributed by atoms with E-state index in [0.29, 0.717) is 22.9 Å². The summed E-state index contributed by atoms with van der Waals surface area (Å²) in [6.07, 6.45) is 0.130. The minimum absolute atomic E-state index is 0.115. The van der Waals surface area contributed by atoms with Gasteiger partial charge in [0.05, 0.1) is 21.7 Å². The SMILES string of the molecule is Nc1c(Cl)cc(NC(=O)C2CC(=O)N(c3ccc(Cl)cc3)C2)cc1Cl. The second-order valence-electron chi connectivity index (χ2n) is 5.72. The lowest BCUT2D eigenvalue weighted by Gasteiger charge is -2.17. The molecule has 1 fully saturated rings. The van der Waals surface area contributed by atoms with Crippen LogP contribution in [-0.2, 0) is 9.59 Å². The van der Waals surface area contributed by atoms with Crippen molar-refractivity contribution < 1.29 is 9.59 Å². The Kier molecular flexibility index (Phi) is 5.08. The minimum Gasteiger partial charge on any atom is -0.396 e. The first kappa shape index (κ1) is 17.9. The molecule has 0 bridgehead atoms. The van der Waals surface area contributed by atoms with Crippen molar-refractivity contribution in [3.8, 4) is 0 Å². The van der Waals surface area contributed by atoms with E-state index in [2.05, 4.69) is 5.32 Å². The topological polar surface area (TPSA) is 75.4 Å². The number of anilines is 3. The molecular formula is C17H14Cl3N3O2. The van der Waals surface area contributed by atoms with Crippen LogP contribution in [0.2, 0.25) is 15.1 Å². The maximum Gasteiger partial charge on any atom is 0.229 e. The Hall–Kier alpha value is -1.95. The van der Waals surface area contributed by atoms with E-state index in [1.807, 2.05) is 0 Å². The van der Waals surface area contributed by atoms with Gasteiger partial charge >= 0.3 is 0 Å².